The molecule has 0 radical (unpaired) electrons. The second-order valence-corrected chi connectivity index (χ2v) is 4.62. The van der Waals surface area contributed by atoms with E-state index in [2.05, 4.69) is 10.3 Å². The highest BCUT2D eigenvalue weighted by Gasteiger charge is 2.18. The molecule has 1 amide bonds. The lowest BCUT2D eigenvalue weighted by molar-refractivity contribution is -0.141. The number of carboxylic acids is 1. The van der Waals surface area contributed by atoms with Gasteiger partial charge in [0.05, 0.1) is 17.2 Å². The molecule has 0 bridgehead atoms. The number of aromatic nitrogens is 1. The molecule has 1 aromatic heterocycles. The third kappa shape index (κ3) is 4.35. The van der Waals surface area contributed by atoms with Crippen LogP contribution in [-0.4, -0.2) is 28.5 Å². The third-order valence-electron chi connectivity index (χ3n) is 2.97. The number of carboxylic acid groups (broad SMARTS) is 1. The Hall–Kier alpha value is -1.91. The highest BCUT2D eigenvalue weighted by atomic mass is 16.4. The van der Waals surface area contributed by atoms with E-state index in [1.165, 1.54) is 0 Å². The number of nitrogens with one attached hydrogen (secondary N) is 1. The van der Waals surface area contributed by atoms with Crippen LogP contribution in [0.2, 0.25) is 0 Å². The number of aryl methyl sites for hydroxylation is 2. The fourth-order valence-corrected chi connectivity index (χ4v) is 1.90. The van der Waals surface area contributed by atoms with Crippen LogP contribution in [0.25, 0.3) is 0 Å². The molecule has 0 saturated heterocycles. The molecule has 2 N–H and O–H groups in total. The summed E-state index contributed by atoms with van der Waals surface area (Å²) in [5.41, 5.74) is 1.99. The Labute approximate surface area is 113 Å². The van der Waals surface area contributed by atoms with Crippen LogP contribution in [0.5, 0.6) is 0 Å². The molecule has 0 aliphatic carbocycles. The van der Waals surface area contributed by atoms with Crippen molar-refractivity contribution in [2.24, 2.45) is 5.92 Å². The average Bonchev–Trinajstić information content (AvgIpc) is 2.33. The minimum Gasteiger partial charge on any atom is -0.481 e. The van der Waals surface area contributed by atoms with Crippen molar-refractivity contribution >= 4 is 11.9 Å². The van der Waals surface area contributed by atoms with Gasteiger partial charge in [0.15, 0.2) is 0 Å². The molecule has 0 aliphatic heterocycles. The van der Waals surface area contributed by atoms with Crippen LogP contribution >= 0.6 is 0 Å². The summed E-state index contributed by atoms with van der Waals surface area (Å²) in [6.07, 6.45) is 1.33. The van der Waals surface area contributed by atoms with Crippen molar-refractivity contribution in [1.82, 2.24) is 10.3 Å². The maximum atomic E-state index is 12.0. The first-order valence-electron chi connectivity index (χ1n) is 6.41. The third-order valence-corrected chi connectivity index (χ3v) is 2.97. The Morgan fingerprint density at radius 3 is 2.58 bits per heavy atom. The van der Waals surface area contributed by atoms with Crippen LogP contribution in [0, 0.1) is 19.8 Å². The number of hydrogen-bond donors (Lipinski definition) is 2. The summed E-state index contributed by atoms with van der Waals surface area (Å²) in [6.45, 7) is 5.69. The summed E-state index contributed by atoms with van der Waals surface area (Å²) in [4.78, 5) is 27.2. The number of pyridine rings is 1. The number of aliphatic carboxylic acids is 1. The van der Waals surface area contributed by atoms with Crippen molar-refractivity contribution < 1.29 is 14.7 Å². The first-order chi connectivity index (χ1) is 8.95. The molecule has 0 fully saturated rings. The van der Waals surface area contributed by atoms with Gasteiger partial charge in [0.1, 0.15) is 0 Å². The second kappa shape index (κ2) is 6.87. The van der Waals surface area contributed by atoms with Gasteiger partial charge in [-0.05, 0) is 32.4 Å². The van der Waals surface area contributed by atoms with E-state index in [-0.39, 0.29) is 12.5 Å². The molecule has 1 aromatic rings. The predicted octanol–water partition coefficient (Wildman–Crippen LogP) is 1.93. The highest BCUT2D eigenvalue weighted by Crippen LogP contribution is 2.08. The van der Waals surface area contributed by atoms with Gasteiger partial charge in [-0.2, -0.15) is 0 Å². The second-order valence-electron chi connectivity index (χ2n) is 4.62. The number of nitrogens with zero attached hydrogens (tertiary/aromatic N) is 1. The van der Waals surface area contributed by atoms with E-state index in [0.717, 1.165) is 12.1 Å². The lowest BCUT2D eigenvalue weighted by Crippen LogP contribution is -2.33. The minimum absolute atomic E-state index is 0.148. The maximum absolute atomic E-state index is 12.0. The maximum Gasteiger partial charge on any atom is 0.308 e. The molecule has 1 atom stereocenters. The fraction of sp³-hybridized carbons (Fsp3) is 0.500. The van der Waals surface area contributed by atoms with E-state index >= 15 is 0 Å². The van der Waals surface area contributed by atoms with Gasteiger partial charge in [0.25, 0.3) is 5.91 Å². The zero-order chi connectivity index (χ0) is 14.4. The lowest BCUT2D eigenvalue weighted by Gasteiger charge is -2.13. The quantitative estimate of drug-likeness (QED) is 0.822. The van der Waals surface area contributed by atoms with Crippen LogP contribution in [0.1, 0.15) is 41.5 Å². The first kappa shape index (κ1) is 15.1. The molecule has 1 rings (SSSR count). The molecule has 5 heteroatoms. The zero-order valence-electron chi connectivity index (χ0n) is 11.6. The number of carbonyl (C=O) groups excluding carboxylic acids is 1. The molecule has 104 valence electrons. The van der Waals surface area contributed by atoms with E-state index in [1.54, 1.807) is 19.1 Å². The number of rotatable bonds is 6. The predicted molar refractivity (Wildman–Crippen MR) is 72.1 cm³/mol. The number of carbonyl (C=O) groups is 2. The Balaban J connectivity index is 2.66. The van der Waals surface area contributed by atoms with E-state index in [4.69, 9.17) is 5.11 Å². The molecule has 0 saturated carbocycles. The van der Waals surface area contributed by atoms with E-state index in [1.807, 2.05) is 13.8 Å². The molecule has 5 nitrogen and oxygen atoms in total. The van der Waals surface area contributed by atoms with Gasteiger partial charge < -0.3 is 10.4 Å². The zero-order valence-corrected chi connectivity index (χ0v) is 11.6. The van der Waals surface area contributed by atoms with Crippen LogP contribution in [0.4, 0.5) is 0 Å². The van der Waals surface area contributed by atoms with Gasteiger partial charge in [-0.15, -0.1) is 0 Å². The van der Waals surface area contributed by atoms with Crippen molar-refractivity contribution in [3.63, 3.8) is 0 Å². The summed E-state index contributed by atoms with van der Waals surface area (Å²) in [5.74, 6) is -1.68. The molecule has 19 heavy (non-hydrogen) atoms. The van der Waals surface area contributed by atoms with Gasteiger partial charge in [0.2, 0.25) is 0 Å². The number of hydrogen-bond acceptors (Lipinski definition) is 3. The first-order valence-corrected chi connectivity index (χ1v) is 6.41. The van der Waals surface area contributed by atoms with E-state index in [0.29, 0.717) is 17.7 Å². The van der Waals surface area contributed by atoms with Gasteiger partial charge in [-0.3, -0.25) is 14.6 Å². The van der Waals surface area contributed by atoms with Crippen molar-refractivity contribution in [2.75, 3.05) is 6.54 Å². The molecule has 0 aromatic carbocycles. The van der Waals surface area contributed by atoms with Gasteiger partial charge in [-0.1, -0.05) is 13.3 Å². The van der Waals surface area contributed by atoms with E-state index in [9.17, 15) is 9.59 Å². The molecular weight excluding hydrogens is 244 g/mol. The minimum atomic E-state index is -0.874. The topological polar surface area (TPSA) is 79.3 Å². The fourth-order valence-electron chi connectivity index (χ4n) is 1.90. The number of amides is 1. The monoisotopic (exact) mass is 264 g/mol. The molecule has 0 spiro atoms. The summed E-state index contributed by atoms with van der Waals surface area (Å²) in [7, 11) is 0. The Kier molecular flexibility index (Phi) is 5.48. The Bertz CT molecular complexity index is 472. The molecule has 0 aliphatic rings. The SMILES string of the molecule is CCCC(CNC(=O)c1ccc(C)nc1C)C(=O)O. The summed E-state index contributed by atoms with van der Waals surface area (Å²) in [6, 6.07) is 3.48. The summed E-state index contributed by atoms with van der Waals surface area (Å²) >= 11 is 0. The van der Waals surface area contributed by atoms with Gasteiger partial charge in [0, 0.05) is 12.2 Å². The summed E-state index contributed by atoms with van der Waals surface area (Å²) < 4.78 is 0. The molecule has 1 heterocycles. The summed E-state index contributed by atoms with van der Waals surface area (Å²) in [5, 5.41) is 11.7. The van der Waals surface area contributed by atoms with Gasteiger partial charge >= 0.3 is 5.97 Å². The Morgan fingerprint density at radius 1 is 1.37 bits per heavy atom. The molecule has 1 unspecified atom stereocenters. The van der Waals surface area contributed by atoms with Crippen molar-refractivity contribution in [3.8, 4) is 0 Å². The Morgan fingerprint density at radius 2 is 2.05 bits per heavy atom. The average molecular weight is 264 g/mol. The largest absolute Gasteiger partial charge is 0.481 e. The standard InChI is InChI=1S/C14H20N2O3/c1-4-5-11(14(18)19)8-15-13(17)12-7-6-9(2)16-10(12)3/h6-7,11H,4-5,8H2,1-3H3,(H,15,17)(H,18,19). The normalized spacial score (nSPS) is 11.9. The van der Waals surface area contributed by atoms with Crippen molar-refractivity contribution in [3.05, 3.63) is 29.1 Å². The van der Waals surface area contributed by atoms with Crippen molar-refractivity contribution in [2.45, 2.75) is 33.6 Å². The van der Waals surface area contributed by atoms with Crippen LogP contribution in [0.15, 0.2) is 12.1 Å². The molecular formula is C14H20N2O3. The van der Waals surface area contributed by atoms with E-state index < -0.39 is 11.9 Å². The van der Waals surface area contributed by atoms with Crippen LogP contribution in [0.3, 0.4) is 0 Å². The van der Waals surface area contributed by atoms with Crippen LogP contribution < -0.4 is 5.32 Å². The van der Waals surface area contributed by atoms with Crippen molar-refractivity contribution in [1.29, 1.82) is 0 Å². The van der Waals surface area contributed by atoms with Crippen LogP contribution in [-0.2, 0) is 4.79 Å². The van der Waals surface area contributed by atoms with Gasteiger partial charge in [-0.25, -0.2) is 0 Å². The highest BCUT2D eigenvalue weighted by molar-refractivity contribution is 5.95. The smallest absolute Gasteiger partial charge is 0.308 e. The lowest BCUT2D eigenvalue weighted by atomic mass is 10.0.